The van der Waals surface area contributed by atoms with Gasteiger partial charge in [0.15, 0.2) is 0 Å². The number of nitrogens with zero attached hydrogens (tertiary/aromatic N) is 2. The van der Waals surface area contributed by atoms with Gasteiger partial charge in [0, 0.05) is 19.3 Å². The maximum atomic E-state index is 11.5. The molecule has 1 aromatic rings. The Balaban J connectivity index is 2.76. The van der Waals surface area contributed by atoms with Crippen molar-refractivity contribution in [3.8, 4) is 0 Å². The van der Waals surface area contributed by atoms with E-state index in [0.29, 0.717) is 12.4 Å². The monoisotopic (exact) mass is 207 g/mol. The highest BCUT2D eigenvalue weighted by Crippen LogP contribution is 2.09. The molecule has 82 valence electrons. The molecular formula is C11H17N3O. The SMILES string of the molecule is CCN(C)C(=O)Nc1cc(C)cc(C)n1. The molecule has 0 radical (unpaired) electrons. The number of nitrogens with one attached hydrogen (secondary N) is 1. The molecule has 0 bridgehead atoms. The predicted octanol–water partition coefficient (Wildman–Crippen LogP) is 2.18. The van der Waals surface area contributed by atoms with Crippen molar-refractivity contribution in [3.63, 3.8) is 0 Å². The number of carbonyl (C=O) groups is 1. The number of rotatable bonds is 2. The van der Waals surface area contributed by atoms with Crippen LogP contribution in [0.25, 0.3) is 0 Å². The van der Waals surface area contributed by atoms with Crippen LogP contribution in [0.3, 0.4) is 0 Å². The Morgan fingerprint density at radius 1 is 1.47 bits per heavy atom. The van der Waals surface area contributed by atoms with Gasteiger partial charge in [-0.2, -0.15) is 0 Å². The van der Waals surface area contributed by atoms with Crippen LogP contribution in [0, 0.1) is 13.8 Å². The molecular weight excluding hydrogens is 190 g/mol. The summed E-state index contributed by atoms with van der Waals surface area (Å²) in [4.78, 5) is 17.4. The zero-order valence-electron chi connectivity index (χ0n) is 9.66. The van der Waals surface area contributed by atoms with Crippen molar-refractivity contribution >= 4 is 11.8 Å². The van der Waals surface area contributed by atoms with Gasteiger partial charge in [-0.15, -0.1) is 0 Å². The summed E-state index contributed by atoms with van der Waals surface area (Å²) in [5.41, 5.74) is 2.00. The molecule has 0 aliphatic carbocycles. The Kier molecular flexibility index (Phi) is 3.66. The summed E-state index contributed by atoms with van der Waals surface area (Å²) in [6.07, 6.45) is 0. The van der Waals surface area contributed by atoms with Crippen molar-refractivity contribution < 1.29 is 4.79 Å². The molecule has 0 saturated heterocycles. The Hall–Kier alpha value is -1.58. The van der Waals surface area contributed by atoms with E-state index in [-0.39, 0.29) is 6.03 Å². The van der Waals surface area contributed by atoms with Gasteiger partial charge in [0.25, 0.3) is 0 Å². The van der Waals surface area contributed by atoms with E-state index in [9.17, 15) is 4.79 Å². The maximum Gasteiger partial charge on any atom is 0.322 e. The molecule has 2 amide bonds. The van der Waals surface area contributed by atoms with Crippen LogP contribution in [0.15, 0.2) is 12.1 Å². The van der Waals surface area contributed by atoms with E-state index in [2.05, 4.69) is 10.3 Å². The van der Waals surface area contributed by atoms with Crippen LogP contribution in [-0.2, 0) is 0 Å². The highest BCUT2D eigenvalue weighted by molar-refractivity contribution is 5.88. The minimum absolute atomic E-state index is 0.130. The van der Waals surface area contributed by atoms with E-state index in [4.69, 9.17) is 0 Å². The molecule has 0 unspecified atom stereocenters. The fraction of sp³-hybridized carbons (Fsp3) is 0.455. The average molecular weight is 207 g/mol. The summed E-state index contributed by atoms with van der Waals surface area (Å²) in [5.74, 6) is 0.609. The van der Waals surface area contributed by atoms with Crippen LogP contribution < -0.4 is 5.32 Å². The number of aromatic nitrogens is 1. The molecule has 1 heterocycles. The third-order valence-electron chi connectivity index (χ3n) is 2.15. The minimum Gasteiger partial charge on any atom is -0.328 e. The Bertz CT molecular complexity index is 343. The molecule has 0 aromatic carbocycles. The van der Waals surface area contributed by atoms with Crippen molar-refractivity contribution in [2.24, 2.45) is 0 Å². The smallest absolute Gasteiger partial charge is 0.322 e. The van der Waals surface area contributed by atoms with Gasteiger partial charge < -0.3 is 4.90 Å². The zero-order valence-corrected chi connectivity index (χ0v) is 9.66. The largest absolute Gasteiger partial charge is 0.328 e. The lowest BCUT2D eigenvalue weighted by atomic mass is 10.2. The molecule has 0 aliphatic rings. The van der Waals surface area contributed by atoms with Gasteiger partial charge in [-0.05, 0) is 38.5 Å². The van der Waals surface area contributed by atoms with Gasteiger partial charge in [0.1, 0.15) is 5.82 Å². The standard InChI is InChI=1S/C11H17N3O/c1-5-14(4)11(15)13-10-7-8(2)6-9(3)12-10/h6-7H,5H2,1-4H3,(H,12,13,15). The zero-order chi connectivity index (χ0) is 11.4. The Morgan fingerprint density at radius 2 is 2.13 bits per heavy atom. The van der Waals surface area contributed by atoms with Crippen molar-refractivity contribution in [1.82, 2.24) is 9.88 Å². The third-order valence-corrected chi connectivity index (χ3v) is 2.15. The molecule has 0 atom stereocenters. The lowest BCUT2D eigenvalue weighted by Gasteiger charge is -2.15. The number of anilines is 1. The number of urea groups is 1. The second kappa shape index (κ2) is 4.77. The van der Waals surface area contributed by atoms with Gasteiger partial charge in [-0.25, -0.2) is 9.78 Å². The molecule has 4 heteroatoms. The number of carbonyl (C=O) groups excluding carboxylic acids is 1. The van der Waals surface area contributed by atoms with E-state index < -0.39 is 0 Å². The highest BCUT2D eigenvalue weighted by atomic mass is 16.2. The van der Waals surface area contributed by atoms with Gasteiger partial charge >= 0.3 is 6.03 Å². The first-order valence-corrected chi connectivity index (χ1v) is 5.00. The molecule has 0 saturated carbocycles. The molecule has 4 nitrogen and oxygen atoms in total. The summed E-state index contributed by atoms with van der Waals surface area (Å²) >= 11 is 0. The number of aryl methyl sites for hydroxylation is 2. The lowest BCUT2D eigenvalue weighted by Crippen LogP contribution is -2.31. The van der Waals surface area contributed by atoms with Crippen LogP contribution in [-0.4, -0.2) is 29.5 Å². The van der Waals surface area contributed by atoms with Crippen LogP contribution in [0.2, 0.25) is 0 Å². The first-order chi connectivity index (χ1) is 7.02. The number of hydrogen-bond acceptors (Lipinski definition) is 2. The molecule has 1 N–H and O–H groups in total. The van der Waals surface area contributed by atoms with E-state index in [0.717, 1.165) is 11.3 Å². The summed E-state index contributed by atoms with van der Waals surface area (Å²) in [7, 11) is 1.75. The highest BCUT2D eigenvalue weighted by Gasteiger charge is 2.07. The van der Waals surface area contributed by atoms with Crippen molar-refractivity contribution in [2.75, 3.05) is 18.9 Å². The molecule has 0 aliphatic heterocycles. The third kappa shape index (κ3) is 3.23. The first-order valence-electron chi connectivity index (χ1n) is 5.00. The predicted molar refractivity (Wildman–Crippen MR) is 61.0 cm³/mol. The van der Waals surface area contributed by atoms with Gasteiger partial charge in [-0.1, -0.05) is 0 Å². The summed E-state index contributed by atoms with van der Waals surface area (Å²) in [6, 6.07) is 3.70. The van der Waals surface area contributed by atoms with Crippen LogP contribution in [0.5, 0.6) is 0 Å². The summed E-state index contributed by atoms with van der Waals surface area (Å²) in [6.45, 7) is 6.49. The summed E-state index contributed by atoms with van der Waals surface area (Å²) in [5, 5.41) is 2.75. The van der Waals surface area contributed by atoms with Crippen LogP contribution in [0.4, 0.5) is 10.6 Å². The topological polar surface area (TPSA) is 45.2 Å². The van der Waals surface area contributed by atoms with Crippen molar-refractivity contribution in [1.29, 1.82) is 0 Å². The molecule has 1 rings (SSSR count). The Morgan fingerprint density at radius 3 is 2.67 bits per heavy atom. The number of hydrogen-bond donors (Lipinski definition) is 1. The maximum absolute atomic E-state index is 11.5. The van der Waals surface area contributed by atoms with Gasteiger partial charge in [-0.3, -0.25) is 5.32 Å². The van der Waals surface area contributed by atoms with E-state index in [1.54, 1.807) is 11.9 Å². The molecule has 0 fully saturated rings. The van der Waals surface area contributed by atoms with E-state index in [1.165, 1.54) is 0 Å². The second-order valence-corrected chi connectivity index (χ2v) is 3.62. The lowest BCUT2D eigenvalue weighted by molar-refractivity contribution is 0.224. The second-order valence-electron chi connectivity index (χ2n) is 3.62. The fourth-order valence-electron chi connectivity index (χ4n) is 1.25. The first kappa shape index (κ1) is 11.5. The Labute approximate surface area is 90.3 Å². The van der Waals surface area contributed by atoms with Crippen LogP contribution in [0.1, 0.15) is 18.2 Å². The summed E-state index contributed by atoms with van der Waals surface area (Å²) < 4.78 is 0. The van der Waals surface area contributed by atoms with Crippen molar-refractivity contribution in [2.45, 2.75) is 20.8 Å². The van der Waals surface area contributed by atoms with Crippen molar-refractivity contribution in [3.05, 3.63) is 23.4 Å². The quantitative estimate of drug-likeness (QED) is 0.807. The fourth-order valence-corrected chi connectivity index (χ4v) is 1.25. The van der Waals surface area contributed by atoms with Gasteiger partial charge in [0.05, 0.1) is 0 Å². The number of amides is 2. The molecule has 1 aromatic heterocycles. The minimum atomic E-state index is -0.130. The van der Waals surface area contributed by atoms with Gasteiger partial charge in [0.2, 0.25) is 0 Å². The molecule has 0 spiro atoms. The van der Waals surface area contributed by atoms with Crippen LogP contribution >= 0.6 is 0 Å². The number of pyridine rings is 1. The average Bonchev–Trinajstić information content (AvgIpc) is 2.14. The van der Waals surface area contributed by atoms with E-state index in [1.807, 2.05) is 32.9 Å². The van der Waals surface area contributed by atoms with E-state index >= 15 is 0 Å². The molecule has 15 heavy (non-hydrogen) atoms. The normalized spacial score (nSPS) is 9.87.